The molecule has 0 heterocycles. The van der Waals surface area contributed by atoms with Crippen molar-refractivity contribution in [3.8, 4) is 0 Å². The molecule has 27 heavy (non-hydrogen) atoms. The standard InChI is InChI=1S/C21H16BrN3O2/c22-18-10-6-16(7-11-18)20(26)24-19-12-8-17(9-13-19)21(27)25-23-14-15-4-2-1-3-5-15/h1-14H,(H,24,26)(H,25,27)/b23-14-. The number of benzene rings is 3. The number of hydrazone groups is 1. The Balaban J connectivity index is 1.57. The fourth-order valence-electron chi connectivity index (χ4n) is 2.28. The first-order valence-electron chi connectivity index (χ1n) is 8.17. The molecule has 0 spiro atoms. The molecule has 0 aliphatic heterocycles. The first-order valence-corrected chi connectivity index (χ1v) is 8.96. The molecular weight excluding hydrogens is 406 g/mol. The Hall–Kier alpha value is -3.25. The van der Waals surface area contributed by atoms with Crippen LogP contribution < -0.4 is 10.7 Å². The summed E-state index contributed by atoms with van der Waals surface area (Å²) in [6, 6.07) is 23.1. The summed E-state index contributed by atoms with van der Waals surface area (Å²) >= 11 is 3.33. The summed E-state index contributed by atoms with van der Waals surface area (Å²) in [6.45, 7) is 0. The zero-order chi connectivity index (χ0) is 19.1. The molecule has 3 aromatic carbocycles. The van der Waals surface area contributed by atoms with E-state index in [1.165, 1.54) is 0 Å². The van der Waals surface area contributed by atoms with E-state index in [4.69, 9.17) is 0 Å². The molecular formula is C21H16BrN3O2. The van der Waals surface area contributed by atoms with Crippen LogP contribution in [0.3, 0.4) is 0 Å². The van der Waals surface area contributed by atoms with Gasteiger partial charge in [-0.05, 0) is 54.1 Å². The second-order valence-corrected chi connectivity index (χ2v) is 6.56. The van der Waals surface area contributed by atoms with Crippen molar-refractivity contribution >= 4 is 39.6 Å². The lowest BCUT2D eigenvalue weighted by Crippen LogP contribution is -2.17. The number of halogens is 1. The lowest BCUT2D eigenvalue weighted by Gasteiger charge is -2.06. The van der Waals surface area contributed by atoms with Crippen molar-refractivity contribution in [1.82, 2.24) is 5.43 Å². The smallest absolute Gasteiger partial charge is 0.271 e. The normalized spacial score (nSPS) is 10.6. The zero-order valence-electron chi connectivity index (χ0n) is 14.2. The van der Waals surface area contributed by atoms with Crippen LogP contribution in [0.4, 0.5) is 5.69 Å². The summed E-state index contributed by atoms with van der Waals surface area (Å²) in [5.74, 6) is -0.542. The highest BCUT2D eigenvalue weighted by Gasteiger charge is 2.08. The molecule has 0 unspecified atom stereocenters. The van der Waals surface area contributed by atoms with Crippen molar-refractivity contribution in [2.75, 3.05) is 5.32 Å². The minimum Gasteiger partial charge on any atom is -0.322 e. The van der Waals surface area contributed by atoms with Crippen molar-refractivity contribution < 1.29 is 9.59 Å². The molecule has 0 bridgehead atoms. The molecule has 0 aliphatic carbocycles. The van der Waals surface area contributed by atoms with E-state index >= 15 is 0 Å². The molecule has 2 N–H and O–H groups in total. The Morgan fingerprint density at radius 3 is 2.04 bits per heavy atom. The van der Waals surface area contributed by atoms with E-state index in [0.717, 1.165) is 10.0 Å². The minimum atomic E-state index is -0.326. The number of carbonyl (C=O) groups excluding carboxylic acids is 2. The molecule has 0 saturated carbocycles. The summed E-state index contributed by atoms with van der Waals surface area (Å²) in [7, 11) is 0. The van der Waals surface area contributed by atoms with Gasteiger partial charge in [0.1, 0.15) is 0 Å². The second kappa shape index (κ2) is 8.91. The summed E-state index contributed by atoms with van der Waals surface area (Å²) in [5.41, 5.74) is 4.97. The Kier molecular flexibility index (Phi) is 6.12. The minimum absolute atomic E-state index is 0.216. The molecule has 0 aromatic heterocycles. The Morgan fingerprint density at radius 1 is 0.778 bits per heavy atom. The van der Waals surface area contributed by atoms with E-state index in [0.29, 0.717) is 16.8 Å². The van der Waals surface area contributed by atoms with Crippen LogP contribution in [-0.2, 0) is 0 Å². The van der Waals surface area contributed by atoms with E-state index in [2.05, 4.69) is 31.8 Å². The third-order valence-electron chi connectivity index (χ3n) is 3.69. The van der Waals surface area contributed by atoms with Crippen molar-refractivity contribution in [2.45, 2.75) is 0 Å². The highest BCUT2D eigenvalue weighted by molar-refractivity contribution is 9.10. The summed E-state index contributed by atoms with van der Waals surface area (Å²) in [4.78, 5) is 24.3. The maximum Gasteiger partial charge on any atom is 0.271 e. The van der Waals surface area contributed by atoms with Crippen LogP contribution in [0, 0.1) is 0 Å². The number of rotatable bonds is 5. The molecule has 0 saturated heterocycles. The number of hydrogen-bond acceptors (Lipinski definition) is 3. The van der Waals surface area contributed by atoms with Gasteiger partial charge in [-0.2, -0.15) is 5.10 Å². The quantitative estimate of drug-likeness (QED) is 0.471. The summed E-state index contributed by atoms with van der Waals surface area (Å²) < 4.78 is 0.907. The first kappa shape index (κ1) is 18.5. The van der Waals surface area contributed by atoms with E-state index in [1.54, 1.807) is 54.7 Å². The van der Waals surface area contributed by atoms with E-state index < -0.39 is 0 Å². The lowest BCUT2D eigenvalue weighted by molar-refractivity contribution is 0.0954. The van der Waals surface area contributed by atoms with Gasteiger partial charge in [0, 0.05) is 21.3 Å². The van der Waals surface area contributed by atoms with Crippen LogP contribution in [0.25, 0.3) is 0 Å². The van der Waals surface area contributed by atoms with E-state index in [1.807, 2.05) is 30.3 Å². The average Bonchev–Trinajstić information content (AvgIpc) is 2.70. The fraction of sp³-hybridized carbons (Fsp3) is 0. The third kappa shape index (κ3) is 5.36. The Labute approximate surface area is 165 Å². The Morgan fingerprint density at radius 2 is 1.37 bits per heavy atom. The van der Waals surface area contributed by atoms with Crippen LogP contribution in [0.2, 0.25) is 0 Å². The molecule has 2 amide bonds. The van der Waals surface area contributed by atoms with Crippen LogP contribution in [0.1, 0.15) is 26.3 Å². The first-order chi connectivity index (χ1) is 13.1. The van der Waals surface area contributed by atoms with Gasteiger partial charge in [0.05, 0.1) is 6.21 Å². The number of nitrogens with zero attached hydrogens (tertiary/aromatic N) is 1. The topological polar surface area (TPSA) is 70.6 Å². The van der Waals surface area contributed by atoms with Crippen molar-refractivity contribution in [1.29, 1.82) is 0 Å². The monoisotopic (exact) mass is 421 g/mol. The molecule has 6 heteroatoms. The van der Waals surface area contributed by atoms with Crippen LogP contribution >= 0.6 is 15.9 Å². The average molecular weight is 422 g/mol. The van der Waals surface area contributed by atoms with E-state index in [9.17, 15) is 9.59 Å². The van der Waals surface area contributed by atoms with Gasteiger partial charge >= 0.3 is 0 Å². The SMILES string of the molecule is O=C(N/N=C\c1ccccc1)c1ccc(NC(=O)c2ccc(Br)cc2)cc1. The number of hydrogen-bond donors (Lipinski definition) is 2. The van der Waals surface area contributed by atoms with Gasteiger partial charge in [-0.3, -0.25) is 9.59 Å². The number of nitrogens with one attached hydrogen (secondary N) is 2. The fourth-order valence-corrected chi connectivity index (χ4v) is 2.54. The van der Waals surface area contributed by atoms with Gasteiger partial charge in [0.25, 0.3) is 11.8 Å². The highest BCUT2D eigenvalue weighted by atomic mass is 79.9. The largest absolute Gasteiger partial charge is 0.322 e. The molecule has 0 fully saturated rings. The van der Waals surface area contributed by atoms with Crippen molar-refractivity contribution in [2.24, 2.45) is 5.10 Å². The van der Waals surface area contributed by atoms with Crippen LogP contribution in [0.5, 0.6) is 0 Å². The number of amides is 2. The predicted octanol–water partition coefficient (Wildman–Crippen LogP) is 4.47. The van der Waals surface area contributed by atoms with Crippen molar-refractivity contribution in [3.05, 3.63) is 100 Å². The molecule has 0 aliphatic rings. The summed E-state index contributed by atoms with van der Waals surface area (Å²) in [5, 5.41) is 6.73. The molecule has 0 radical (unpaired) electrons. The van der Waals surface area contributed by atoms with Crippen LogP contribution in [-0.4, -0.2) is 18.0 Å². The van der Waals surface area contributed by atoms with Gasteiger partial charge in [0.2, 0.25) is 0 Å². The van der Waals surface area contributed by atoms with Gasteiger partial charge in [-0.15, -0.1) is 0 Å². The lowest BCUT2D eigenvalue weighted by atomic mass is 10.1. The van der Waals surface area contributed by atoms with Gasteiger partial charge in [-0.1, -0.05) is 46.3 Å². The summed E-state index contributed by atoms with van der Waals surface area (Å²) in [6.07, 6.45) is 1.57. The highest BCUT2D eigenvalue weighted by Crippen LogP contribution is 2.14. The maximum absolute atomic E-state index is 12.2. The number of carbonyl (C=O) groups is 2. The number of anilines is 1. The zero-order valence-corrected chi connectivity index (χ0v) is 15.8. The second-order valence-electron chi connectivity index (χ2n) is 5.65. The molecule has 5 nitrogen and oxygen atoms in total. The molecule has 3 aromatic rings. The third-order valence-corrected chi connectivity index (χ3v) is 4.22. The maximum atomic E-state index is 12.2. The van der Waals surface area contributed by atoms with Gasteiger partial charge < -0.3 is 5.32 Å². The van der Waals surface area contributed by atoms with Crippen LogP contribution in [0.15, 0.2) is 88.4 Å². The predicted molar refractivity (Wildman–Crippen MR) is 110 cm³/mol. The van der Waals surface area contributed by atoms with E-state index in [-0.39, 0.29) is 11.8 Å². The molecule has 134 valence electrons. The van der Waals surface area contributed by atoms with Crippen molar-refractivity contribution in [3.63, 3.8) is 0 Å². The molecule has 0 atom stereocenters. The van der Waals surface area contributed by atoms with Gasteiger partial charge in [0.15, 0.2) is 0 Å². The Bertz CT molecular complexity index is 953. The molecule has 3 rings (SSSR count). The van der Waals surface area contributed by atoms with Gasteiger partial charge in [-0.25, -0.2) is 5.43 Å².